The van der Waals surface area contributed by atoms with Crippen LogP contribution in [0.1, 0.15) is 19.8 Å². The minimum absolute atomic E-state index is 0.0823. The second-order valence-electron chi connectivity index (χ2n) is 5.23. The van der Waals surface area contributed by atoms with Crippen LogP contribution in [0.15, 0.2) is 18.2 Å². The lowest BCUT2D eigenvalue weighted by atomic mass is 10.1. The molecule has 21 heavy (non-hydrogen) atoms. The van der Waals surface area contributed by atoms with E-state index in [0.717, 1.165) is 25.9 Å². The maximum absolute atomic E-state index is 12.1. The van der Waals surface area contributed by atoms with E-state index in [1.54, 1.807) is 18.2 Å². The predicted octanol–water partition coefficient (Wildman–Crippen LogP) is 2.36. The lowest BCUT2D eigenvalue weighted by molar-refractivity contribution is -0.118. The number of piperidine rings is 1. The summed E-state index contributed by atoms with van der Waals surface area (Å²) < 4.78 is 5.64. The maximum Gasteiger partial charge on any atom is 0.238 e. The Morgan fingerprint density at radius 1 is 1.57 bits per heavy atom. The fourth-order valence-corrected chi connectivity index (χ4v) is 2.73. The molecule has 0 saturated carbocycles. The van der Waals surface area contributed by atoms with Gasteiger partial charge in [-0.15, -0.1) is 0 Å². The standard InChI is InChI=1S/C15H22ClN3O2/c1-2-21-12-4-3-7-19(9-12)10-15(20)18-14-8-11(16)5-6-13(14)17/h5-6,8,12H,2-4,7,9-10,17H2,1H3,(H,18,20). The van der Waals surface area contributed by atoms with Crippen LogP contribution in [0, 0.1) is 0 Å². The number of halogens is 1. The first-order chi connectivity index (χ1) is 10.1. The molecule has 3 N–H and O–H groups in total. The van der Waals surface area contributed by atoms with Gasteiger partial charge in [-0.3, -0.25) is 9.69 Å². The highest BCUT2D eigenvalue weighted by Crippen LogP contribution is 2.23. The van der Waals surface area contributed by atoms with Gasteiger partial charge in [0, 0.05) is 18.2 Å². The number of nitrogens with zero attached hydrogens (tertiary/aromatic N) is 1. The average Bonchev–Trinajstić information content (AvgIpc) is 2.43. The molecular weight excluding hydrogens is 290 g/mol. The zero-order valence-electron chi connectivity index (χ0n) is 12.3. The lowest BCUT2D eigenvalue weighted by Crippen LogP contribution is -2.43. The smallest absolute Gasteiger partial charge is 0.238 e. The number of anilines is 2. The lowest BCUT2D eigenvalue weighted by Gasteiger charge is -2.31. The number of nitrogens with one attached hydrogen (secondary N) is 1. The Kier molecular flexibility index (Phi) is 5.85. The van der Waals surface area contributed by atoms with Crippen LogP contribution in [0.2, 0.25) is 5.02 Å². The van der Waals surface area contributed by atoms with Crippen molar-refractivity contribution >= 4 is 28.9 Å². The van der Waals surface area contributed by atoms with Gasteiger partial charge in [0.05, 0.1) is 24.0 Å². The van der Waals surface area contributed by atoms with E-state index < -0.39 is 0 Å². The van der Waals surface area contributed by atoms with Crippen LogP contribution < -0.4 is 11.1 Å². The second kappa shape index (κ2) is 7.64. The normalized spacial score (nSPS) is 19.4. The fraction of sp³-hybridized carbons (Fsp3) is 0.533. The minimum atomic E-state index is -0.0823. The Bertz CT molecular complexity index is 494. The zero-order valence-corrected chi connectivity index (χ0v) is 13.0. The van der Waals surface area contributed by atoms with E-state index in [-0.39, 0.29) is 12.0 Å². The molecule has 0 aliphatic carbocycles. The SMILES string of the molecule is CCOC1CCCN(CC(=O)Nc2cc(Cl)ccc2N)C1. The number of ether oxygens (including phenoxy) is 1. The second-order valence-corrected chi connectivity index (χ2v) is 5.67. The number of amides is 1. The summed E-state index contributed by atoms with van der Waals surface area (Å²) in [4.78, 5) is 14.2. The number of carbonyl (C=O) groups excluding carboxylic acids is 1. The van der Waals surface area contributed by atoms with Crippen molar-refractivity contribution in [2.75, 3.05) is 37.3 Å². The third kappa shape index (κ3) is 4.88. The van der Waals surface area contributed by atoms with Crippen molar-refractivity contribution in [1.82, 2.24) is 4.90 Å². The highest BCUT2D eigenvalue weighted by atomic mass is 35.5. The summed E-state index contributed by atoms with van der Waals surface area (Å²) in [5, 5.41) is 3.36. The first kappa shape index (κ1) is 16.1. The van der Waals surface area contributed by atoms with Crippen molar-refractivity contribution in [2.24, 2.45) is 0 Å². The molecule has 116 valence electrons. The number of nitrogen functional groups attached to an aromatic ring is 1. The van der Waals surface area contributed by atoms with Gasteiger partial charge in [-0.05, 0) is 44.5 Å². The average molecular weight is 312 g/mol. The number of likely N-dealkylation sites (tertiary alicyclic amines) is 1. The number of carbonyl (C=O) groups is 1. The van der Waals surface area contributed by atoms with E-state index in [0.29, 0.717) is 29.5 Å². The summed E-state index contributed by atoms with van der Waals surface area (Å²) in [6, 6.07) is 5.04. The molecule has 1 aliphatic rings. The Balaban J connectivity index is 1.88. The molecule has 1 aromatic carbocycles. The van der Waals surface area contributed by atoms with Crippen LogP contribution in [-0.4, -0.2) is 43.2 Å². The highest BCUT2D eigenvalue weighted by molar-refractivity contribution is 6.31. The highest BCUT2D eigenvalue weighted by Gasteiger charge is 2.21. The van der Waals surface area contributed by atoms with E-state index in [4.69, 9.17) is 22.1 Å². The topological polar surface area (TPSA) is 67.6 Å². The van der Waals surface area contributed by atoms with Crippen LogP contribution in [0.3, 0.4) is 0 Å². The zero-order chi connectivity index (χ0) is 15.2. The van der Waals surface area contributed by atoms with E-state index in [2.05, 4.69) is 10.2 Å². The van der Waals surface area contributed by atoms with Gasteiger partial charge in [-0.1, -0.05) is 11.6 Å². The molecule has 0 radical (unpaired) electrons. The van der Waals surface area contributed by atoms with Crippen molar-refractivity contribution < 1.29 is 9.53 Å². The van der Waals surface area contributed by atoms with Crippen LogP contribution in [0.25, 0.3) is 0 Å². The molecule has 1 saturated heterocycles. The van der Waals surface area contributed by atoms with Crippen molar-refractivity contribution in [3.8, 4) is 0 Å². The molecule has 1 atom stereocenters. The molecule has 2 rings (SSSR count). The number of nitrogens with two attached hydrogens (primary N) is 1. The van der Waals surface area contributed by atoms with Crippen molar-refractivity contribution in [3.05, 3.63) is 23.2 Å². The van der Waals surface area contributed by atoms with E-state index in [9.17, 15) is 4.79 Å². The Morgan fingerprint density at radius 3 is 3.14 bits per heavy atom. The number of benzene rings is 1. The Hall–Kier alpha value is -1.30. The summed E-state index contributed by atoms with van der Waals surface area (Å²) in [5.74, 6) is -0.0823. The Labute approximate surface area is 130 Å². The number of hydrogen-bond acceptors (Lipinski definition) is 4. The third-order valence-electron chi connectivity index (χ3n) is 3.52. The summed E-state index contributed by atoms with van der Waals surface area (Å²) >= 11 is 5.91. The molecule has 5 nitrogen and oxygen atoms in total. The van der Waals surface area contributed by atoms with Crippen molar-refractivity contribution in [2.45, 2.75) is 25.9 Å². The molecule has 1 unspecified atom stereocenters. The van der Waals surface area contributed by atoms with E-state index in [1.807, 2.05) is 6.92 Å². The van der Waals surface area contributed by atoms with Crippen LogP contribution >= 0.6 is 11.6 Å². The van der Waals surface area contributed by atoms with Crippen molar-refractivity contribution in [1.29, 1.82) is 0 Å². The molecule has 1 amide bonds. The number of rotatable bonds is 5. The van der Waals surface area contributed by atoms with Gasteiger partial charge in [-0.25, -0.2) is 0 Å². The monoisotopic (exact) mass is 311 g/mol. The molecule has 1 aliphatic heterocycles. The molecule has 1 aromatic rings. The van der Waals surface area contributed by atoms with Crippen LogP contribution in [0.4, 0.5) is 11.4 Å². The summed E-state index contributed by atoms with van der Waals surface area (Å²) in [6.07, 6.45) is 2.34. The van der Waals surface area contributed by atoms with E-state index >= 15 is 0 Å². The quantitative estimate of drug-likeness (QED) is 0.819. The third-order valence-corrected chi connectivity index (χ3v) is 3.76. The largest absolute Gasteiger partial charge is 0.397 e. The fourth-order valence-electron chi connectivity index (χ4n) is 2.56. The molecule has 1 heterocycles. The first-order valence-electron chi connectivity index (χ1n) is 7.27. The summed E-state index contributed by atoms with van der Waals surface area (Å²) in [6.45, 7) is 4.77. The maximum atomic E-state index is 12.1. The Morgan fingerprint density at radius 2 is 2.38 bits per heavy atom. The van der Waals surface area contributed by atoms with Gasteiger partial charge in [0.15, 0.2) is 0 Å². The molecule has 0 bridgehead atoms. The van der Waals surface area contributed by atoms with Gasteiger partial charge in [0.2, 0.25) is 5.91 Å². The van der Waals surface area contributed by atoms with Gasteiger partial charge in [-0.2, -0.15) is 0 Å². The molecule has 0 spiro atoms. The number of hydrogen-bond donors (Lipinski definition) is 2. The van der Waals surface area contributed by atoms with E-state index in [1.165, 1.54) is 0 Å². The van der Waals surface area contributed by atoms with Gasteiger partial charge in [0.25, 0.3) is 0 Å². The molecule has 0 aromatic heterocycles. The predicted molar refractivity (Wildman–Crippen MR) is 85.6 cm³/mol. The molecule has 6 heteroatoms. The van der Waals surface area contributed by atoms with Gasteiger partial charge < -0.3 is 15.8 Å². The van der Waals surface area contributed by atoms with Crippen molar-refractivity contribution in [3.63, 3.8) is 0 Å². The minimum Gasteiger partial charge on any atom is -0.397 e. The summed E-state index contributed by atoms with van der Waals surface area (Å²) in [5.41, 5.74) is 6.90. The molecule has 1 fully saturated rings. The first-order valence-corrected chi connectivity index (χ1v) is 7.65. The molecular formula is C15H22ClN3O2. The van der Waals surface area contributed by atoms with Gasteiger partial charge >= 0.3 is 0 Å². The van der Waals surface area contributed by atoms with Gasteiger partial charge in [0.1, 0.15) is 0 Å². The summed E-state index contributed by atoms with van der Waals surface area (Å²) in [7, 11) is 0. The van der Waals surface area contributed by atoms with Crippen LogP contribution in [-0.2, 0) is 9.53 Å². The van der Waals surface area contributed by atoms with Crippen LogP contribution in [0.5, 0.6) is 0 Å².